The number of hydrogen-bond donors (Lipinski definition) is 2. The lowest BCUT2D eigenvalue weighted by Crippen LogP contribution is -1.98. The van der Waals surface area contributed by atoms with E-state index in [9.17, 15) is 19.0 Å². The number of nitrogens with zero attached hydrogens (tertiary/aromatic N) is 1. The maximum absolute atomic E-state index is 10.3. The Kier molecular flexibility index (Phi) is 3.03. The summed E-state index contributed by atoms with van der Waals surface area (Å²) in [6.07, 6.45) is 0. The van der Waals surface area contributed by atoms with Gasteiger partial charge in [0.15, 0.2) is 11.8 Å². The van der Waals surface area contributed by atoms with E-state index in [1.54, 1.807) is 0 Å². The summed E-state index contributed by atoms with van der Waals surface area (Å²) in [5.74, 6) is -0.0969. The minimum absolute atomic E-state index is 0.122. The van der Waals surface area contributed by atoms with Crippen LogP contribution in [0.15, 0.2) is 36.4 Å². The van der Waals surface area contributed by atoms with Crippen molar-refractivity contribution in [3.8, 4) is 23.2 Å². The highest BCUT2D eigenvalue weighted by atomic mass is 32.2. The number of hydrogen-bond acceptors (Lipinski definition) is 5. The third-order valence-corrected chi connectivity index (χ3v) is 2.43. The van der Waals surface area contributed by atoms with E-state index in [-0.39, 0.29) is 17.5 Å². The second-order valence-corrected chi connectivity index (χ2v) is 3.74. The first-order chi connectivity index (χ1) is 8.08. The molecular weight excluding hydrogens is 246 g/mol. The third kappa shape index (κ3) is 2.40. The van der Waals surface area contributed by atoms with Crippen molar-refractivity contribution in [2.24, 2.45) is 0 Å². The molecule has 0 saturated carbocycles. The quantitative estimate of drug-likeness (QED) is 0.798. The van der Waals surface area contributed by atoms with Gasteiger partial charge in [0.2, 0.25) is 0 Å². The fourth-order valence-electron chi connectivity index (χ4n) is 1.41. The Balaban J connectivity index is 2.33. The highest BCUT2D eigenvalue weighted by Gasteiger charge is 2.07. The van der Waals surface area contributed by atoms with Crippen LogP contribution in [0.3, 0.4) is 0 Å². The molecule has 1 aromatic heterocycles. The standard InChI is InChI=1S/C10H9NO5S/c12-9-5-6-10(13)11(9)7-1-3-8(4-2-7)16-17(14)15/h1-6,12-13H,(H,14,15)/p-1. The van der Waals surface area contributed by atoms with Crippen LogP contribution in [0.5, 0.6) is 17.5 Å². The smallest absolute Gasteiger partial charge is 0.198 e. The summed E-state index contributed by atoms with van der Waals surface area (Å²) < 4.78 is 26.2. The molecule has 0 radical (unpaired) electrons. The molecule has 0 aliphatic heterocycles. The zero-order valence-electron chi connectivity index (χ0n) is 8.44. The van der Waals surface area contributed by atoms with Gasteiger partial charge in [-0.2, -0.15) is 0 Å². The molecule has 2 N–H and O–H groups in total. The fourth-order valence-corrected chi connectivity index (χ4v) is 1.68. The van der Waals surface area contributed by atoms with Gasteiger partial charge in [-0.05, 0) is 24.3 Å². The molecule has 2 aromatic rings. The third-order valence-electron chi connectivity index (χ3n) is 2.10. The minimum Gasteiger partial charge on any atom is -0.740 e. The highest BCUT2D eigenvalue weighted by molar-refractivity contribution is 7.74. The second kappa shape index (κ2) is 4.48. The Morgan fingerprint density at radius 3 is 2.06 bits per heavy atom. The van der Waals surface area contributed by atoms with Gasteiger partial charge in [-0.1, -0.05) is 0 Å². The molecule has 1 aromatic carbocycles. The Morgan fingerprint density at radius 2 is 1.59 bits per heavy atom. The van der Waals surface area contributed by atoms with Gasteiger partial charge >= 0.3 is 0 Å². The van der Waals surface area contributed by atoms with E-state index in [2.05, 4.69) is 4.18 Å². The van der Waals surface area contributed by atoms with E-state index in [1.165, 1.54) is 41.0 Å². The van der Waals surface area contributed by atoms with Crippen molar-refractivity contribution in [3.63, 3.8) is 0 Å². The van der Waals surface area contributed by atoms with Crippen molar-refractivity contribution in [2.75, 3.05) is 0 Å². The molecule has 6 nitrogen and oxygen atoms in total. The molecule has 2 rings (SSSR count). The van der Waals surface area contributed by atoms with E-state index >= 15 is 0 Å². The Morgan fingerprint density at radius 1 is 1.06 bits per heavy atom. The molecule has 90 valence electrons. The van der Waals surface area contributed by atoms with E-state index in [4.69, 9.17) is 0 Å². The summed E-state index contributed by atoms with van der Waals surface area (Å²) in [5, 5.41) is 18.9. The normalized spacial score (nSPS) is 12.3. The molecule has 0 amide bonds. The number of aromatic hydroxyl groups is 2. The lowest BCUT2D eigenvalue weighted by molar-refractivity contribution is 0.402. The molecule has 0 saturated heterocycles. The van der Waals surface area contributed by atoms with Crippen LogP contribution < -0.4 is 4.18 Å². The van der Waals surface area contributed by atoms with Crippen molar-refractivity contribution in [3.05, 3.63) is 36.4 Å². The molecule has 7 heteroatoms. The van der Waals surface area contributed by atoms with Crippen LogP contribution in [0.2, 0.25) is 0 Å². The number of benzene rings is 1. The lowest BCUT2D eigenvalue weighted by Gasteiger charge is -2.09. The van der Waals surface area contributed by atoms with Crippen LogP contribution in [0.1, 0.15) is 0 Å². The maximum atomic E-state index is 10.3. The second-order valence-electron chi connectivity index (χ2n) is 3.17. The van der Waals surface area contributed by atoms with Crippen LogP contribution in [0.25, 0.3) is 5.69 Å². The molecule has 1 heterocycles. The molecule has 1 atom stereocenters. The first-order valence-electron chi connectivity index (χ1n) is 4.55. The molecule has 0 aliphatic rings. The number of aromatic nitrogens is 1. The van der Waals surface area contributed by atoms with Gasteiger partial charge in [0.1, 0.15) is 17.1 Å². The van der Waals surface area contributed by atoms with Crippen LogP contribution >= 0.6 is 0 Å². The SMILES string of the molecule is O=S([O-])Oc1ccc(-n2c(O)ccc2O)cc1. The predicted molar refractivity (Wildman–Crippen MR) is 58.6 cm³/mol. The van der Waals surface area contributed by atoms with Gasteiger partial charge in [-0.25, -0.2) is 4.21 Å². The highest BCUT2D eigenvalue weighted by Crippen LogP contribution is 2.27. The van der Waals surface area contributed by atoms with Crippen LogP contribution in [-0.2, 0) is 11.4 Å². The Labute approximate surface area is 99.2 Å². The van der Waals surface area contributed by atoms with E-state index in [0.717, 1.165) is 0 Å². The van der Waals surface area contributed by atoms with E-state index < -0.39 is 11.4 Å². The molecule has 0 aliphatic carbocycles. The van der Waals surface area contributed by atoms with Gasteiger partial charge in [0.25, 0.3) is 0 Å². The van der Waals surface area contributed by atoms with Crippen LogP contribution in [0, 0.1) is 0 Å². The summed E-state index contributed by atoms with van der Waals surface area (Å²) in [4.78, 5) is 0. The summed E-state index contributed by atoms with van der Waals surface area (Å²) in [6.45, 7) is 0. The summed E-state index contributed by atoms with van der Waals surface area (Å²) in [6, 6.07) is 8.50. The van der Waals surface area contributed by atoms with E-state index in [1.807, 2.05) is 0 Å². The summed E-state index contributed by atoms with van der Waals surface area (Å²) >= 11 is -2.62. The summed E-state index contributed by atoms with van der Waals surface area (Å²) in [5.41, 5.74) is 0.481. The average molecular weight is 254 g/mol. The fraction of sp³-hybridized carbons (Fsp3) is 0. The largest absolute Gasteiger partial charge is 0.740 e. The van der Waals surface area contributed by atoms with Gasteiger partial charge in [0, 0.05) is 12.1 Å². The Bertz CT molecular complexity index is 529. The topological polar surface area (TPSA) is 94.8 Å². The van der Waals surface area contributed by atoms with E-state index in [0.29, 0.717) is 5.69 Å². The molecule has 1 unspecified atom stereocenters. The zero-order chi connectivity index (χ0) is 12.4. The summed E-state index contributed by atoms with van der Waals surface area (Å²) in [7, 11) is 0. The lowest BCUT2D eigenvalue weighted by atomic mass is 10.3. The molecular formula is C10H8NO5S-. The van der Waals surface area contributed by atoms with Gasteiger partial charge < -0.3 is 18.9 Å². The molecule has 0 fully saturated rings. The molecule has 17 heavy (non-hydrogen) atoms. The Hall–Kier alpha value is -1.99. The monoisotopic (exact) mass is 254 g/mol. The van der Waals surface area contributed by atoms with Crippen LogP contribution in [-0.4, -0.2) is 23.5 Å². The van der Waals surface area contributed by atoms with Crippen molar-refractivity contribution in [2.45, 2.75) is 0 Å². The predicted octanol–water partition coefficient (Wildman–Crippen LogP) is 1.06. The maximum Gasteiger partial charge on any atom is 0.198 e. The molecule has 0 bridgehead atoms. The molecule has 0 spiro atoms. The average Bonchev–Trinajstić information content (AvgIpc) is 2.59. The minimum atomic E-state index is -2.62. The van der Waals surface area contributed by atoms with Gasteiger partial charge in [-0.15, -0.1) is 0 Å². The van der Waals surface area contributed by atoms with Gasteiger partial charge in [-0.3, -0.25) is 4.57 Å². The van der Waals surface area contributed by atoms with Crippen molar-refractivity contribution in [1.82, 2.24) is 4.57 Å². The first-order valence-corrected chi connectivity index (χ1v) is 5.55. The zero-order valence-corrected chi connectivity index (χ0v) is 9.26. The van der Waals surface area contributed by atoms with Crippen molar-refractivity contribution < 1.29 is 23.2 Å². The first kappa shape index (κ1) is 11.5. The van der Waals surface area contributed by atoms with Crippen LogP contribution in [0.4, 0.5) is 0 Å². The van der Waals surface area contributed by atoms with Crippen molar-refractivity contribution >= 4 is 11.4 Å². The van der Waals surface area contributed by atoms with Crippen molar-refractivity contribution in [1.29, 1.82) is 0 Å². The number of rotatable bonds is 3. The van der Waals surface area contributed by atoms with Gasteiger partial charge in [0.05, 0.1) is 5.69 Å².